The Bertz CT molecular complexity index is 361. The Balaban J connectivity index is 2.81. The van der Waals surface area contributed by atoms with Gasteiger partial charge in [0, 0.05) is 25.0 Å². The summed E-state index contributed by atoms with van der Waals surface area (Å²) < 4.78 is 1.62. The molecule has 1 atom stereocenters. The molecular formula is C10H18N4O. The number of hydrogen-bond acceptors (Lipinski definition) is 4. The van der Waals surface area contributed by atoms with E-state index >= 15 is 0 Å². The van der Waals surface area contributed by atoms with Crippen LogP contribution in [0.3, 0.4) is 0 Å². The maximum Gasteiger partial charge on any atom is 0.293 e. The highest BCUT2D eigenvalue weighted by Gasteiger charge is 2.06. The minimum Gasteiger partial charge on any atom is -0.363 e. The Morgan fingerprint density at radius 3 is 3.00 bits per heavy atom. The van der Waals surface area contributed by atoms with Crippen molar-refractivity contribution in [2.45, 2.75) is 32.9 Å². The van der Waals surface area contributed by atoms with E-state index in [-0.39, 0.29) is 11.6 Å². The van der Waals surface area contributed by atoms with Crippen molar-refractivity contribution in [3.05, 3.63) is 22.7 Å². The molecule has 0 saturated heterocycles. The Labute approximate surface area is 89.3 Å². The molecule has 15 heavy (non-hydrogen) atoms. The molecule has 0 bridgehead atoms. The minimum atomic E-state index is -0.0797. The van der Waals surface area contributed by atoms with Crippen molar-refractivity contribution in [3.8, 4) is 0 Å². The number of nitrogens with one attached hydrogen (secondary N) is 1. The van der Waals surface area contributed by atoms with Gasteiger partial charge < -0.3 is 15.6 Å². The van der Waals surface area contributed by atoms with Gasteiger partial charge in [0.25, 0.3) is 5.56 Å². The van der Waals surface area contributed by atoms with Crippen LogP contribution in [0, 0.1) is 0 Å². The topological polar surface area (TPSA) is 72.9 Å². The number of aromatic nitrogens is 2. The molecule has 0 saturated carbocycles. The van der Waals surface area contributed by atoms with Gasteiger partial charge in [-0.25, -0.2) is 4.98 Å². The molecule has 3 N–H and O–H groups in total. The Hall–Kier alpha value is -1.36. The first-order valence-corrected chi connectivity index (χ1v) is 5.21. The first-order valence-electron chi connectivity index (χ1n) is 5.21. The zero-order valence-corrected chi connectivity index (χ0v) is 9.23. The van der Waals surface area contributed by atoms with Gasteiger partial charge in [0.2, 0.25) is 0 Å². The number of hydrogen-bond donors (Lipinski definition) is 2. The predicted molar refractivity (Wildman–Crippen MR) is 60.9 cm³/mol. The van der Waals surface area contributed by atoms with Crippen molar-refractivity contribution in [2.75, 3.05) is 11.9 Å². The second kappa shape index (κ2) is 5.50. The SMILES string of the molecule is CCn1ccnc(NC(C)CCN)c1=O. The number of rotatable bonds is 5. The summed E-state index contributed by atoms with van der Waals surface area (Å²) in [6.07, 6.45) is 4.13. The molecule has 0 spiro atoms. The average Bonchev–Trinajstić information content (AvgIpc) is 2.21. The van der Waals surface area contributed by atoms with Crippen molar-refractivity contribution in [1.29, 1.82) is 0 Å². The van der Waals surface area contributed by atoms with Crippen LogP contribution in [0.4, 0.5) is 5.82 Å². The van der Waals surface area contributed by atoms with E-state index in [4.69, 9.17) is 5.73 Å². The van der Waals surface area contributed by atoms with Gasteiger partial charge >= 0.3 is 0 Å². The van der Waals surface area contributed by atoms with Crippen LogP contribution in [0.15, 0.2) is 17.2 Å². The molecule has 0 aliphatic heterocycles. The van der Waals surface area contributed by atoms with E-state index in [2.05, 4.69) is 10.3 Å². The smallest absolute Gasteiger partial charge is 0.293 e. The molecule has 0 fully saturated rings. The van der Waals surface area contributed by atoms with Gasteiger partial charge in [0.15, 0.2) is 5.82 Å². The molecule has 5 nitrogen and oxygen atoms in total. The third-order valence-corrected chi connectivity index (χ3v) is 2.24. The van der Waals surface area contributed by atoms with Crippen molar-refractivity contribution < 1.29 is 0 Å². The Morgan fingerprint density at radius 1 is 1.67 bits per heavy atom. The van der Waals surface area contributed by atoms with E-state index in [0.29, 0.717) is 18.9 Å². The highest BCUT2D eigenvalue weighted by molar-refractivity contribution is 5.31. The molecule has 84 valence electrons. The maximum atomic E-state index is 11.7. The summed E-state index contributed by atoms with van der Waals surface area (Å²) in [6, 6.07) is 0.169. The van der Waals surface area contributed by atoms with Gasteiger partial charge in [-0.15, -0.1) is 0 Å². The van der Waals surface area contributed by atoms with E-state index in [0.717, 1.165) is 6.42 Å². The third-order valence-electron chi connectivity index (χ3n) is 2.24. The van der Waals surface area contributed by atoms with Crippen molar-refractivity contribution in [3.63, 3.8) is 0 Å². The summed E-state index contributed by atoms with van der Waals surface area (Å²) in [7, 11) is 0. The van der Waals surface area contributed by atoms with Crippen LogP contribution in [0.1, 0.15) is 20.3 Å². The quantitative estimate of drug-likeness (QED) is 0.738. The average molecular weight is 210 g/mol. The summed E-state index contributed by atoms with van der Waals surface area (Å²) in [5, 5.41) is 3.06. The van der Waals surface area contributed by atoms with Crippen LogP contribution < -0.4 is 16.6 Å². The molecule has 0 amide bonds. The second-order valence-corrected chi connectivity index (χ2v) is 3.49. The first kappa shape index (κ1) is 11.7. The van der Waals surface area contributed by atoms with E-state index < -0.39 is 0 Å². The van der Waals surface area contributed by atoms with Crippen LogP contribution in [0.5, 0.6) is 0 Å². The Kier molecular flexibility index (Phi) is 4.30. The largest absolute Gasteiger partial charge is 0.363 e. The standard InChI is InChI=1S/C10H18N4O/c1-3-14-7-6-12-9(10(14)15)13-8(2)4-5-11/h6-8H,3-5,11H2,1-2H3,(H,12,13). The molecule has 5 heteroatoms. The lowest BCUT2D eigenvalue weighted by Gasteiger charge is -2.13. The fraction of sp³-hybridized carbons (Fsp3) is 0.600. The molecule has 0 aliphatic rings. The van der Waals surface area contributed by atoms with Crippen LogP contribution in [-0.4, -0.2) is 22.1 Å². The molecule has 1 aromatic heterocycles. The van der Waals surface area contributed by atoms with Crippen LogP contribution in [-0.2, 0) is 6.54 Å². The minimum absolute atomic E-state index is 0.0797. The molecule has 1 aromatic rings. The second-order valence-electron chi connectivity index (χ2n) is 3.49. The van der Waals surface area contributed by atoms with Gasteiger partial charge in [0.05, 0.1) is 0 Å². The van der Waals surface area contributed by atoms with Gasteiger partial charge in [0.1, 0.15) is 0 Å². The van der Waals surface area contributed by atoms with E-state index in [9.17, 15) is 4.79 Å². The van der Waals surface area contributed by atoms with E-state index in [1.807, 2.05) is 13.8 Å². The fourth-order valence-corrected chi connectivity index (χ4v) is 1.35. The summed E-state index contributed by atoms with van der Waals surface area (Å²) in [5.74, 6) is 0.403. The van der Waals surface area contributed by atoms with E-state index in [1.165, 1.54) is 0 Å². The molecule has 1 heterocycles. The Morgan fingerprint density at radius 2 is 2.40 bits per heavy atom. The fourth-order valence-electron chi connectivity index (χ4n) is 1.35. The molecule has 0 aliphatic carbocycles. The predicted octanol–water partition coefficient (Wildman–Crippen LogP) is 0.412. The number of aryl methyl sites for hydroxylation is 1. The van der Waals surface area contributed by atoms with Crippen molar-refractivity contribution in [1.82, 2.24) is 9.55 Å². The van der Waals surface area contributed by atoms with Gasteiger partial charge in [-0.1, -0.05) is 0 Å². The number of nitrogens with two attached hydrogens (primary N) is 1. The molecule has 1 unspecified atom stereocenters. The lowest BCUT2D eigenvalue weighted by atomic mass is 10.2. The van der Waals surface area contributed by atoms with Crippen molar-refractivity contribution >= 4 is 5.82 Å². The molecule has 1 rings (SSSR count). The zero-order valence-electron chi connectivity index (χ0n) is 9.23. The zero-order chi connectivity index (χ0) is 11.3. The molecule has 0 radical (unpaired) electrons. The lowest BCUT2D eigenvalue weighted by molar-refractivity contribution is 0.690. The normalized spacial score (nSPS) is 12.5. The van der Waals surface area contributed by atoms with E-state index in [1.54, 1.807) is 17.0 Å². The molecular weight excluding hydrogens is 192 g/mol. The monoisotopic (exact) mass is 210 g/mol. The first-order chi connectivity index (χ1) is 7.19. The maximum absolute atomic E-state index is 11.7. The summed E-state index contributed by atoms with van der Waals surface area (Å²) >= 11 is 0. The number of nitrogens with zero attached hydrogens (tertiary/aromatic N) is 2. The highest BCUT2D eigenvalue weighted by Crippen LogP contribution is 1.99. The van der Waals surface area contributed by atoms with Gasteiger partial charge in [-0.05, 0) is 26.8 Å². The summed E-state index contributed by atoms with van der Waals surface area (Å²) in [4.78, 5) is 15.8. The van der Waals surface area contributed by atoms with Crippen LogP contribution in [0.25, 0.3) is 0 Å². The van der Waals surface area contributed by atoms with Crippen molar-refractivity contribution in [2.24, 2.45) is 5.73 Å². The molecule has 0 aromatic carbocycles. The van der Waals surface area contributed by atoms with Crippen LogP contribution in [0.2, 0.25) is 0 Å². The van der Waals surface area contributed by atoms with Gasteiger partial charge in [-0.2, -0.15) is 0 Å². The lowest BCUT2D eigenvalue weighted by Crippen LogP contribution is -2.28. The number of anilines is 1. The third kappa shape index (κ3) is 3.06. The summed E-state index contributed by atoms with van der Waals surface area (Å²) in [6.45, 7) is 5.16. The highest BCUT2D eigenvalue weighted by atomic mass is 16.1. The van der Waals surface area contributed by atoms with Crippen LogP contribution >= 0.6 is 0 Å². The van der Waals surface area contributed by atoms with Gasteiger partial charge in [-0.3, -0.25) is 4.79 Å². The summed E-state index contributed by atoms with van der Waals surface area (Å²) in [5.41, 5.74) is 5.35.